The molecule has 0 unspecified atom stereocenters. The van der Waals surface area contributed by atoms with Gasteiger partial charge in [-0.1, -0.05) is 31.6 Å². The van der Waals surface area contributed by atoms with Crippen molar-refractivity contribution in [3.05, 3.63) is 0 Å². The summed E-state index contributed by atoms with van der Waals surface area (Å²) in [5.74, 6) is 0.796. The Balaban J connectivity index is 3.42. The molecule has 0 aliphatic carbocycles. The Bertz CT molecular complexity index is 107. The van der Waals surface area contributed by atoms with Crippen molar-refractivity contribution >= 4 is 19.7 Å². The van der Waals surface area contributed by atoms with Crippen LogP contribution in [0.3, 0.4) is 0 Å². The van der Waals surface area contributed by atoms with Gasteiger partial charge in [-0.3, -0.25) is 0 Å². The predicted molar refractivity (Wildman–Crippen MR) is 58.8 cm³/mol. The van der Waals surface area contributed by atoms with E-state index in [1.165, 1.54) is 18.5 Å². The molecule has 0 aromatic carbocycles. The fourth-order valence-electron chi connectivity index (χ4n) is 1.38. The number of rotatable bonds is 7. The molecule has 3 heteroatoms. The molecule has 0 radical (unpaired) electrons. The van der Waals surface area contributed by atoms with Crippen LogP contribution in [0.5, 0.6) is 0 Å². The Morgan fingerprint density at radius 3 is 2.17 bits per heavy atom. The Labute approximate surface area is 82.1 Å². The van der Waals surface area contributed by atoms with E-state index in [1.807, 2.05) is 0 Å². The number of hydrogen-bond acceptors (Lipinski definition) is 1. The second-order valence-corrected chi connectivity index (χ2v) is 9.84. The van der Waals surface area contributed by atoms with Gasteiger partial charge in [0.1, 0.15) is 0 Å². The largest absolute Gasteiger partial charge is 0.396 e. The highest BCUT2D eigenvalue weighted by atomic mass is 35.5. The summed E-state index contributed by atoms with van der Waals surface area (Å²) in [5.41, 5.74) is 0. The van der Waals surface area contributed by atoms with Crippen molar-refractivity contribution in [2.75, 3.05) is 12.5 Å². The van der Waals surface area contributed by atoms with Gasteiger partial charge in [-0.05, 0) is 12.8 Å². The van der Waals surface area contributed by atoms with Crippen molar-refractivity contribution in [2.45, 2.75) is 44.4 Å². The maximum atomic E-state index is 8.70. The number of aliphatic hydroxyl groups is 1. The van der Waals surface area contributed by atoms with Gasteiger partial charge in [0.15, 0.2) is 0 Å². The van der Waals surface area contributed by atoms with Gasteiger partial charge in [-0.2, -0.15) is 0 Å². The summed E-state index contributed by atoms with van der Waals surface area (Å²) in [6, 6.07) is 2.62. The molecule has 0 saturated carbocycles. The second kappa shape index (κ2) is 6.93. The molecule has 0 saturated heterocycles. The first-order chi connectivity index (χ1) is 5.62. The van der Waals surface area contributed by atoms with Gasteiger partial charge in [-0.15, -0.1) is 11.6 Å². The van der Waals surface area contributed by atoms with Crippen molar-refractivity contribution in [3.8, 4) is 0 Å². The number of alkyl halides is 1. The molecule has 0 rings (SSSR count). The molecule has 0 bridgehead atoms. The molecule has 1 nitrogen and oxygen atoms in total. The van der Waals surface area contributed by atoms with Gasteiger partial charge in [0.2, 0.25) is 0 Å². The first-order valence-electron chi connectivity index (χ1n) is 4.79. The smallest absolute Gasteiger partial charge is 0.0474 e. The Hall–Kier alpha value is 0.467. The molecular formula is C9H21ClOSi. The number of aliphatic hydroxyl groups excluding tert-OH is 1. The zero-order valence-corrected chi connectivity index (χ0v) is 10.0. The first-order valence-corrected chi connectivity index (χ1v) is 8.74. The van der Waals surface area contributed by atoms with Crippen LogP contribution in [0.25, 0.3) is 0 Å². The molecule has 0 spiro atoms. The zero-order chi connectivity index (χ0) is 9.45. The highest BCUT2D eigenvalue weighted by molar-refractivity contribution is 6.77. The van der Waals surface area contributed by atoms with Crippen LogP contribution in [0.15, 0.2) is 0 Å². The highest BCUT2D eigenvalue weighted by Gasteiger charge is 2.18. The van der Waals surface area contributed by atoms with E-state index in [0.717, 1.165) is 18.7 Å². The van der Waals surface area contributed by atoms with Crippen LogP contribution in [0.4, 0.5) is 0 Å². The second-order valence-electron chi connectivity index (χ2n) is 4.14. The van der Waals surface area contributed by atoms with Gasteiger partial charge in [0.05, 0.1) is 0 Å². The topological polar surface area (TPSA) is 20.2 Å². The van der Waals surface area contributed by atoms with Gasteiger partial charge < -0.3 is 5.11 Å². The van der Waals surface area contributed by atoms with Gasteiger partial charge in [0.25, 0.3) is 0 Å². The van der Waals surface area contributed by atoms with Crippen LogP contribution in [-0.4, -0.2) is 25.7 Å². The van der Waals surface area contributed by atoms with E-state index in [-0.39, 0.29) is 0 Å². The van der Waals surface area contributed by atoms with E-state index in [9.17, 15) is 0 Å². The summed E-state index contributed by atoms with van der Waals surface area (Å²) in [6.45, 7) is 5.15. The molecular weight excluding hydrogens is 188 g/mol. The number of hydrogen-bond donors (Lipinski definition) is 1. The third-order valence-corrected chi connectivity index (χ3v) is 5.93. The van der Waals surface area contributed by atoms with Gasteiger partial charge in [0, 0.05) is 20.6 Å². The average Bonchev–Trinajstić information content (AvgIpc) is 2.01. The minimum absolute atomic E-state index is 0.353. The van der Waals surface area contributed by atoms with E-state index < -0.39 is 8.07 Å². The van der Waals surface area contributed by atoms with Crippen molar-refractivity contribution in [3.63, 3.8) is 0 Å². The normalized spacial score (nSPS) is 12.0. The van der Waals surface area contributed by atoms with Crippen molar-refractivity contribution in [1.82, 2.24) is 0 Å². The predicted octanol–water partition coefficient (Wildman–Crippen LogP) is 3.10. The SMILES string of the molecule is C[Si](C)(CCCO)CCCCCl. The molecule has 0 fully saturated rings. The van der Waals surface area contributed by atoms with Crippen LogP contribution < -0.4 is 0 Å². The summed E-state index contributed by atoms with van der Waals surface area (Å²) in [7, 11) is -0.980. The Kier molecular flexibility index (Phi) is 7.20. The molecule has 0 aromatic rings. The van der Waals surface area contributed by atoms with Crippen LogP contribution in [-0.2, 0) is 0 Å². The molecule has 0 heterocycles. The lowest BCUT2D eigenvalue weighted by Crippen LogP contribution is -2.24. The van der Waals surface area contributed by atoms with Crippen LogP contribution >= 0.6 is 11.6 Å². The van der Waals surface area contributed by atoms with E-state index >= 15 is 0 Å². The van der Waals surface area contributed by atoms with Crippen LogP contribution in [0.1, 0.15) is 19.3 Å². The molecule has 12 heavy (non-hydrogen) atoms. The molecule has 1 N–H and O–H groups in total. The van der Waals surface area contributed by atoms with Crippen molar-refractivity contribution < 1.29 is 5.11 Å². The van der Waals surface area contributed by atoms with Gasteiger partial charge in [-0.25, -0.2) is 0 Å². The Morgan fingerprint density at radius 2 is 1.67 bits per heavy atom. The van der Waals surface area contributed by atoms with E-state index in [0.29, 0.717) is 6.61 Å². The van der Waals surface area contributed by atoms with Crippen molar-refractivity contribution in [1.29, 1.82) is 0 Å². The van der Waals surface area contributed by atoms with E-state index in [2.05, 4.69) is 13.1 Å². The molecule has 0 aliphatic heterocycles. The quantitative estimate of drug-likeness (QED) is 0.387. The minimum atomic E-state index is -0.980. The minimum Gasteiger partial charge on any atom is -0.396 e. The standard InChI is InChI=1S/C9H21ClOSi/c1-12(2,9-5-7-11)8-4-3-6-10/h11H,3-9H2,1-2H3. The zero-order valence-electron chi connectivity index (χ0n) is 8.27. The third-order valence-electron chi connectivity index (χ3n) is 2.25. The lowest BCUT2D eigenvalue weighted by Gasteiger charge is -2.21. The fraction of sp³-hybridized carbons (Fsp3) is 1.00. The third kappa shape index (κ3) is 7.13. The lowest BCUT2D eigenvalue weighted by molar-refractivity contribution is 0.294. The summed E-state index contributed by atoms with van der Waals surface area (Å²) in [6.07, 6.45) is 3.41. The maximum absolute atomic E-state index is 8.70. The van der Waals surface area contributed by atoms with E-state index in [1.54, 1.807) is 0 Å². The summed E-state index contributed by atoms with van der Waals surface area (Å²) in [5, 5.41) is 8.70. The molecule has 74 valence electrons. The summed E-state index contributed by atoms with van der Waals surface area (Å²) in [4.78, 5) is 0. The molecule has 0 atom stereocenters. The molecule has 0 aromatic heterocycles. The van der Waals surface area contributed by atoms with Crippen molar-refractivity contribution in [2.24, 2.45) is 0 Å². The maximum Gasteiger partial charge on any atom is 0.0474 e. The average molecular weight is 209 g/mol. The molecule has 0 amide bonds. The van der Waals surface area contributed by atoms with E-state index in [4.69, 9.17) is 16.7 Å². The highest BCUT2D eigenvalue weighted by Crippen LogP contribution is 2.20. The molecule has 0 aliphatic rings. The Morgan fingerprint density at radius 1 is 1.08 bits per heavy atom. The summed E-state index contributed by atoms with van der Waals surface area (Å²) >= 11 is 5.61. The lowest BCUT2D eigenvalue weighted by atomic mass is 10.4. The van der Waals surface area contributed by atoms with Crippen LogP contribution in [0, 0.1) is 0 Å². The summed E-state index contributed by atoms with van der Waals surface area (Å²) < 4.78 is 0. The number of halogens is 1. The number of unbranched alkanes of at least 4 members (excludes halogenated alkanes) is 1. The van der Waals surface area contributed by atoms with Gasteiger partial charge >= 0.3 is 0 Å². The fourth-order valence-corrected chi connectivity index (χ4v) is 4.14. The van der Waals surface area contributed by atoms with Crippen LogP contribution in [0.2, 0.25) is 25.2 Å². The first kappa shape index (κ1) is 12.5. The monoisotopic (exact) mass is 208 g/mol.